The van der Waals surface area contributed by atoms with Crippen molar-refractivity contribution in [3.8, 4) is 0 Å². The van der Waals surface area contributed by atoms with Gasteiger partial charge in [-0.1, -0.05) is 12.1 Å². The van der Waals surface area contributed by atoms with Gasteiger partial charge in [-0.2, -0.15) is 13.2 Å². The number of rotatable bonds is 5. The van der Waals surface area contributed by atoms with Gasteiger partial charge in [0, 0.05) is 23.1 Å². The number of aliphatic hydroxyl groups excluding tert-OH is 1. The minimum atomic E-state index is -4.63. The van der Waals surface area contributed by atoms with Gasteiger partial charge in [-0.25, -0.2) is 0 Å². The largest absolute Gasteiger partial charge is 0.442 e. The quantitative estimate of drug-likeness (QED) is 0.754. The Bertz CT molecular complexity index is 678. The third kappa shape index (κ3) is 3.38. The van der Waals surface area contributed by atoms with E-state index in [1.807, 2.05) is 0 Å². The smallest absolute Gasteiger partial charge is 0.396 e. The van der Waals surface area contributed by atoms with Crippen LogP contribution in [0.5, 0.6) is 0 Å². The van der Waals surface area contributed by atoms with E-state index in [9.17, 15) is 23.1 Å². The number of piperidine rings is 1. The van der Waals surface area contributed by atoms with Gasteiger partial charge in [0.1, 0.15) is 0 Å². The molecule has 3 N–H and O–H groups in total. The first-order valence-electron chi connectivity index (χ1n) is 8.03. The second-order valence-electron chi connectivity index (χ2n) is 6.54. The molecular weight excluding hydrogens is 337 g/mol. The van der Waals surface area contributed by atoms with Gasteiger partial charge in [0.15, 0.2) is 0 Å². The lowest BCUT2D eigenvalue weighted by Gasteiger charge is -2.36. The maximum Gasteiger partial charge on any atom is 0.442 e. The highest BCUT2D eigenvalue weighted by Crippen LogP contribution is 2.52. The van der Waals surface area contributed by atoms with Crippen molar-refractivity contribution in [3.05, 3.63) is 35.4 Å². The molecule has 3 rings (SSSR count). The first kappa shape index (κ1) is 17.8. The molecule has 25 heavy (non-hydrogen) atoms. The summed E-state index contributed by atoms with van der Waals surface area (Å²) >= 11 is 0. The number of nitrogens with zero attached hydrogens (tertiary/aromatic N) is 2. The number of halogens is 3. The highest BCUT2D eigenvalue weighted by molar-refractivity contribution is 5.94. The minimum absolute atomic E-state index is 0.0516. The fourth-order valence-electron chi connectivity index (χ4n) is 3.04. The topological polar surface area (TPSA) is 86.1 Å². The van der Waals surface area contributed by atoms with Crippen LogP contribution in [0, 0.1) is 5.41 Å². The van der Waals surface area contributed by atoms with Crippen LogP contribution < -0.4 is 10.6 Å². The Kier molecular flexibility index (Phi) is 4.54. The van der Waals surface area contributed by atoms with Crippen LogP contribution in [0.15, 0.2) is 34.5 Å². The van der Waals surface area contributed by atoms with E-state index in [1.165, 1.54) is 18.2 Å². The molecule has 2 aliphatic rings. The molecule has 1 aromatic rings. The average Bonchev–Trinajstić information content (AvgIpc) is 3.42. The van der Waals surface area contributed by atoms with Crippen LogP contribution in [-0.4, -0.2) is 43.4 Å². The maximum absolute atomic E-state index is 13.1. The summed E-state index contributed by atoms with van der Waals surface area (Å²) < 4.78 is 39.2. The zero-order chi connectivity index (χ0) is 18.1. The molecule has 0 aromatic heterocycles. The van der Waals surface area contributed by atoms with Crippen molar-refractivity contribution < 1.29 is 23.1 Å². The van der Waals surface area contributed by atoms with Gasteiger partial charge in [0.05, 0.1) is 6.61 Å². The normalized spacial score (nSPS) is 21.0. The molecule has 0 spiro atoms. The third-order valence-corrected chi connectivity index (χ3v) is 4.85. The molecule has 0 bridgehead atoms. The molecule has 9 heteroatoms. The number of aliphatic hydroxyl groups is 1. The van der Waals surface area contributed by atoms with Gasteiger partial charge in [-0.15, -0.1) is 10.2 Å². The van der Waals surface area contributed by atoms with Gasteiger partial charge in [0.2, 0.25) is 0 Å². The highest BCUT2D eigenvalue weighted by Gasteiger charge is 2.65. The lowest BCUT2D eigenvalue weighted by Crippen LogP contribution is -2.46. The monoisotopic (exact) mass is 356 g/mol. The molecule has 1 fully saturated rings. The van der Waals surface area contributed by atoms with Crippen molar-refractivity contribution in [1.29, 1.82) is 0 Å². The van der Waals surface area contributed by atoms with Crippen molar-refractivity contribution in [1.82, 2.24) is 10.6 Å². The summed E-state index contributed by atoms with van der Waals surface area (Å²) in [5, 5.41) is 21.9. The maximum atomic E-state index is 13.1. The van der Waals surface area contributed by atoms with Crippen LogP contribution >= 0.6 is 0 Å². The molecule has 2 heterocycles. The average molecular weight is 356 g/mol. The number of benzene rings is 1. The van der Waals surface area contributed by atoms with Gasteiger partial charge in [-0.3, -0.25) is 4.79 Å². The van der Waals surface area contributed by atoms with Gasteiger partial charge >= 0.3 is 11.8 Å². The Hall–Kier alpha value is -2.00. The molecule has 1 saturated heterocycles. The summed E-state index contributed by atoms with van der Waals surface area (Å²) in [5.74, 6) is -0.480. The molecule has 6 nitrogen and oxygen atoms in total. The molecule has 0 radical (unpaired) electrons. The van der Waals surface area contributed by atoms with Crippen molar-refractivity contribution in [2.75, 3.05) is 26.2 Å². The van der Waals surface area contributed by atoms with Crippen LogP contribution in [0.2, 0.25) is 0 Å². The summed E-state index contributed by atoms with van der Waals surface area (Å²) in [6.07, 6.45) is -3.18. The van der Waals surface area contributed by atoms with E-state index in [0.29, 0.717) is 0 Å². The van der Waals surface area contributed by atoms with E-state index in [1.54, 1.807) is 0 Å². The molecule has 0 saturated carbocycles. The molecule has 0 aliphatic carbocycles. The third-order valence-electron chi connectivity index (χ3n) is 4.85. The van der Waals surface area contributed by atoms with Crippen molar-refractivity contribution in [2.24, 2.45) is 15.6 Å². The Morgan fingerprint density at radius 3 is 2.52 bits per heavy atom. The number of amides is 1. The van der Waals surface area contributed by atoms with E-state index in [-0.39, 0.29) is 24.3 Å². The van der Waals surface area contributed by atoms with Crippen molar-refractivity contribution in [2.45, 2.75) is 24.7 Å². The molecule has 136 valence electrons. The first-order chi connectivity index (χ1) is 11.8. The molecule has 1 amide bonds. The van der Waals surface area contributed by atoms with Crippen LogP contribution in [0.4, 0.5) is 13.2 Å². The second kappa shape index (κ2) is 6.38. The second-order valence-corrected chi connectivity index (χ2v) is 6.54. The van der Waals surface area contributed by atoms with Crippen LogP contribution in [0.1, 0.15) is 28.8 Å². The lowest BCUT2D eigenvalue weighted by atomic mass is 9.79. The molecular formula is C16H19F3N4O2. The zero-order valence-corrected chi connectivity index (χ0v) is 13.4. The number of carbonyl (C=O) groups is 1. The predicted molar refractivity (Wildman–Crippen MR) is 83.0 cm³/mol. The fourth-order valence-corrected chi connectivity index (χ4v) is 3.04. The Balaban J connectivity index is 1.70. The Morgan fingerprint density at radius 1 is 1.28 bits per heavy atom. The number of hydrogen-bond acceptors (Lipinski definition) is 5. The number of alkyl halides is 3. The summed E-state index contributed by atoms with van der Waals surface area (Å²) in [6.45, 7) is 1.73. The van der Waals surface area contributed by atoms with Crippen LogP contribution in [-0.2, 0) is 5.66 Å². The number of hydrogen-bond donors (Lipinski definition) is 3. The summed E-state index contributed by atoms with van der Waals surface area (Å²) in [7, 11) is 0. The lowest BCUT2D eigenvalue weighted by molar-refractivity contribution is -0.166. The van der Waals surface area contributed by atoms with E-state index in [2.05, 4.69) is 20.9 Å². The SMILES string of the molecule is O=C(NCC1(CO)CCNCC1)c1cccc(C2(C(F)(F)F)N=N2)c1. The standard InChI is InChI=1S/C16H19F3N4O2/c17-16(18,19)15(22-23-15)12-3-1-2-11(8-12)13(25)21-9-14(10-24)4-6-20-7-5-14/h1-3,8,20,24H,4-7,9-10H2,(H,21,25). The minimum Gasteiger partial charge on any atom is -0.396 e. The van der Waals surface area contributed by atoms with Gasteiger partial charge in [-0.05, 0) is 38.1 Å². The summed E-state index contributed by atoms with van der Waals surface area (Å²) in [6, 6.07) is 5.25. The van der Waals surface area contributed by atoms with Gasteiger partial charge in [0.25, 0.3) is 5.91 Å². The van der Waals surface area contributed by atoms with E-state index in [4.69, 9.17) is 0 Å². The van der Waals surface area contributed by atoms with Crippen molar-refractivity contribution in [3.63, 3.8) is 0 Å². The fraction of sp³-hybridized carbons (Fsp3) is 0.562. The first-order valence-corrected chi connectivity index (χ1v) is 8.03. The summed E-state index contributed by atoms with van der Waals surface area (Å²) in [5.41, 5.74) is -3.00. The molecule has 0 unspecified atom stereocenters. The Morgan fingerprint density at radius 2 is 1.96 bits per heavy atom. The number of carbonyl (C=O) groups excluding carboxylic acids is 1. The predicted octanol–water partition coefficient (Wildman–Crippen LogP) is 1.96. The van der Waals surface area contributed by atoms with E-state index in [0.717, 1.165) is 32.0 Å². The van der Waals surface area contributed by atoms with Gasteiger partial charge < -0.3 is 15.7 Å². The van der Waals surface area contributed by atoms with E-state index >= 15 is 0 Å². The zero-order valence-electron chi connectivity index (χ0n) is 13.4. The van der Waals surface area contributed by atoms with Crippen molar-refractivity contribution >= 4 is 5.91 Å². The Labute approximate surface area is 142 Å². The highest BCUT2D eigenvalue weighted by atomic mass is 19.4. The van der Waals surface area contributed by atoms with Crippen LogP contribution in [0.25, 0.3) is 0 Å². The molecule has 1 aromatic carbocycles. The molecule has 0 atom stereocenters. The van der Waals surface area contributed by atoms with Crippen LogP contribution in [0.3, 0.4) is 0 Å². The molecule has 2 aliphatic heterocycles. The number of nitrogens with one attached hydrogen (secondary N) is 2. The summed E-state index contributed by atoms with van der Waals surface area (Å²) in [4.78, 5) is 12.3. The van der Waals surface area contributed by atoms with E-state index < -0.39 is 23.2 Å².